The zero-order chi connectivity index (χ0) is 18.3. The highest BCUT2D eigenvalue weighted by atomic mass is 19.4. The second-order valence-electron chi connectivity index (χ2n) is 5.25. The summed E-state index contributed by atoms with van der Waals surface area (Å²) >= 11 is 0. The van der Waals surface area contributed by atoms with Crippen molar-refractivity contribution in [3.63, 3.8) is 0 Å². The first kappa shape index (κ1) is 18.6. The molecule has 25 heavy (non-hydrogen) atoms. The summed E-state index contributed by atoms with van der Waals surface area (Å²) in [6.07, 6.45) is -4.93. The van der Waals surface area contributed by atoms with Crippen molar-refractivity contribution in [1.82, 2.24) is 5.32 Å². The average Bonchev–Trinajstić information content (AvgIpc) is 2.61. The number of nitrogens with one attached hydrogen (secondary N) is 1. The van der Waals surface area contributed by atoms with Crippen LogP contribution in [0.5, 0.6) is 5.75 Å². The molecule has 2 aromatic carbocycles. The number of halogens is 3. The van der Waals surface area contributed by atoms with Crippen LogP contribution < -0.4 is 10.1 Å². The third kappa shape index (κ3) is 5.70. The van der Waals surface area contributed by atoms with E-state index in [1.54, 1.807) is 0 Å². The average molecular weight is 353 g/mol. The van der Waals surface area contributed by atoms with Crippen LogP contribution in [0.2, 0.25) is 0 Å². The van der Waals surface area contributed by atoms with Crippen LogP contribution in [0, 0.1) is 0 Å². The molecule has 0 bridgehead atoms. The van der Waals surface area contributed by atoms with Crippen LogP contribution in [-0.4, -0.2) is 19.7 Å². The van der Waals surface area contributed by atoms with E-state index in [4.69, 9.17) is 4.74 Å². The van der Waals surface area contributed by atoms with Crippen molar-refractivity contribution in [3.8, 4) is 5.75 Å². The predicted molar refractivity (Wildman–Crippen MR) is 86.3 cm³/mol. The van der Waals surface area contributed by atoms with E-state index in [-0.39, 0.29) is 0 Å². The number of alkyl halides is 3. The van der Waals surface area contributed by atoms with Gasteiger partial charge in [-0.05, 0) is 29.8 Å². The number of ether oxygens (including phenoxy) is 2. The normalized spacial score (nSPS) is 12.3. The summed E-state index contributed by atoms with van der Waals surface area (Å²) in [5.41, 5.74) is 0.123. The van der Waals surface area contributed by atoms with Crippen molar-refractivity contribution in [3.05, 3.63) is 65.7 Å². The molecule has 0 saturated heterocycles. The van der Waals surface area contributed by atoms with E-state index >= 15 is 0 Å². The molecule has 134 valence electrons. The number of hydrogen-bond acceptors (Lipinski definition) is 3. The van der Waals surface area contributed by atoms with Crippen molar-refractivity contribution in [2.45, 2.75) is 18.7 Å². The Bertz CT molecular complexity index is 672. The SMILES string of the molecule is COC(=O)NCC[C@@H](Oc1ccc(C(F)(F)F)cc1)c1ccccc1. The molecule has 0 aliphatic rings. The molecule has 4 nitrogen and oxygen atoms in total. The predicted octanol–water partition coefficient (Wildman–Crippen LogP) is 4.57. The summed E-state index contributed by atoms with van der Waals surface area (Å²) < 4.78 is 48.2. The fourth-order valence-corrected chi connectivity index (χ4v) is 2.23. The summed E-state index contributed by atoms with van der Waals surface area (Å²) in [5.74, 6) is 0.319. The molecule has 0 heterocycles. The van der Waals surface area contributed by atoms with Gasteiger partial charge in [-0.2, -0.15) is 13.2 Å². The van der Waals surface area contributed by atoms with E-state index in [1.807, 2.05) is 30.3 Å². The molecule has 2 rings (SSSR count). The quantitative estimate of drug-likeness (QED) is 0.827. The lowest BCUT2D eigenvalue weighted by molar-refractivity contribution is -0.137. The molecule has 1 atom stereocenters. The van der Waals surface area contributed by atoms with E-state index < -0.39 is 23.9 Å². The van der Waals surface area contributed by atoms with Crippen molar-refractivity contribution < 1.29 is 27.4 Å². The molecule has 0 aliphatic heterocycles. The lowest BCUT2D eigenvalue weighted by Gasteiger charge is -2.20. The molecule has 0 unspecified atom stereocenters. The number of hydrogen-bond donors (Lipinski definition) is 1. The van der Waals surface area contributed by atoms with Gasteiger partial charge in [0.25, 0.3) is 0 Å². The first-order valence-corrected chi connectivity index (χ1v) is 7.61. The molecule has 1 amide bonds. The lowest BCUT2D eigenvalue weighted by Crippen LogP contribution is -2.26. The van der Waals surface area contributed by atoms with Crippen LogP contribution in [-0.2, 0) is 10.9 Å². The number of carbonyl (C=O) groups is 1. The van der Waals surface area contributed by atoms with Crippen LogP contribution in [0.4, 0.5) is 18.0 Å². The Morgan fingerprint density at radius 1 is 1.08 bits per heavy atom. The van der Waals surface area contributed by atoms with Gasteiger partial charge in [0.2, 0.25) is 0 Å². The molecule has 0 aliphatic carbocycles. The van der Waals surface area contributed by atoms with Crippen LogP contribution in [0.25, 0.3) is 0 Å². The monoisotopic (exact) mass is 353 g/mol. The van der Waals surface area contributed by atoms with Gasteiger partial charge in [-0.25, -0.2) is 4.79 Å². The third-order valence-corrected chi connectivity index (χ3v) is 3.49. The Morgan fingerprint density at radius 2 is 1.72 bits per heavy atom. The molecule has 0 radical (unpaired) electrons. The lowest BCUT2D eigenvalue weighted by atomic mass is 10.1. The zero-order valence-corrected chi connectivity index (χ0v) is 13.5. The van der Waals surface area contributed by atoms with Crippen molar-refractivity contribution in [2.75, 3.05) is 13.7 Å². The van der Waals surface area contributed by atoms with Gasteiger partial charge >= 0.3 is 12.3 Å². The number of rotatable bonds is 6. The highest BCUT2D eigenvalue weighted by Gasteiger charge is 2.30. The van der Waals surface area contributed by atoms with Crippen LogP contribution >= 0.6 is 0 Å². The molecule has 2 aromatic rings. The number of methoxy groups -OCH3 is 1. The smallest absolute Gasteiger partial charge is 0.416 e. The maximum atomic E-state index is 12.6. The van der Waals surface area contributed by atoms with E-state index in [0.717, 1.165) is 17.7 Å². The Hall–Kier alpha value is -2.70. The summed E-state index contributed by atoms with van der Waals surface area (Å²) in [7, 11) is 1.27. The van der Waals surface area contributed by atoms with Gasteiger partial charge in [0, 0.05) is 13.0 Å². The van der Waals surface area contributed by atoms with Gasteiger partial charge in [-0.3, -0.25) is 0 Å². The van der Waals surface area contributed by atoms with Gasteiger partial charge in [0.1, 0.15) is 11.9 Å². The van der Waals surface area contributed by atoms with Crippen molar-refractivity contribution in [2.24, 2.45) is 0 Å². The molecule has 1 N–H and O–H groups in total. The second-order valence-corrected chi connectivity index (χ2v) is 5.25. The molecule has 0 aromatic heterocycles. The van der Waals surface area contributed by atoms with Crippen LogP contribution in [0.1, 0.15) is 23.7 Å². The largest absolute Gasteiger partial charge is 0.486 e. The Kier molecular flexibility index (Phi) is 6.27. The number of carbonyl (C=O) groups excluding carboxylic acids is 1. The maximum Gasteiger partial charge on any atom is 0.416 e. The fraction of sp³-hybridized carbons (Fsp3) is 0.278. The molecule has 7 heteroatoms. The summed E-state index contributed by atoms with van der Waals surface area (Å²) in [4.78, 5) is 11.1. The van der Waals surface area contributed by atoms with Gasteiger partial charge in [0.05, 0.1) is 12.7 Å². The summed E-state index contributed by atoms with van der Waals surface area (Å²) in [5, 5.41) is 2.56. The van der Waals surface area contributed by atoms with Crippen LogP contribution in [0.3, 0.4) is 0 Å². The highest BCUT2D eigenvalue weighted by molar-refractivity contribution is 5.66. The standard InChI is InChI=1S/C18H18F3NO3/c1-24-17(23)22-12-11-16(13-5-3-2-4-6-13)25-15-9-7-14(8-10-15)18(19,20)21/h2-10,16H,11-12H2,1H3,(H,22,23)/t16-/m1/s1. The fourth-order valence-electron chi connectivity index (χ4n) is 2.23. The number of alkyl carbamates (subject to hydrolysis) is 1. The minimum Gasteiger partial charge on any atom is -0.486 e. The zero-order valence-electron chi connectivity index (χ0n) is 13.5. The Labute approximate surface area is 143 Å². The molecular formula is C18H18F3NO3. The Morgan fingerprint density at radius 3 is 2.28 bits per heavy atom. The van der Waals surface area contributed by atoms with E-state index in [0.29, 0.717) is 18.7 Å². The maximum absolute atomic E-state index is 12.6. The minimum atomic E-state index is -4.39. The Balaban J connectivity index is 2.09. The molecule has 0 fully saturated rings. The minimum absolute atomic E-state index is 0.298. The topological polar surface area (TPSA) is 47.6 Å². The van der Waals surface area contributed by atoms with E-state index in [2.05, 4.69) is 10.1 Å². The van der Waals surface area contributed by atoms with Crippen molar-refractivity contribution in [1.29, 1.82) is 0 Å². The van der Waals surface area contributed by atoms with Crippen molar-refractivity contribution >= 4 is 6.09 Å². The van der Waals surface area contributed by atoms with Crippen LogP contribution in [0.15, 0.2) is 54.6 Å². The molecule has 0 saturated carbocycles. The first-order chi connectivity index (χ1) is 11.9. The highest BCUT2D eigenvalue weighted by Crippen LogP contribution is 2.31. The summed E-state index contributed by atoms with van der Waals surface area (Å²) in [6.45, 7) is 0.298. The summed E-state index contributed by atoms with van der Waals surface area (Å²) in [6, 6.07) is 13.8. The number of amides is 1. The van der Waals surface area contributed by atoms with Gasteiger partial charge in [0.15, 0.2) is 0 Å². The number of benzene rings is 2. The van der Waals surface area contributed by atoms with Gasteiger partial charge in [-0.1, -0.05) is 30.3 Å². The van der Waals surface area contributed by atoms with Gasteiger partial charge < -0.3 is 14.8 Å². The second kappa shape index (κ2) is 8.41. The van der Waals surface area contributed by atoms with E-state index in [9.17, 15) is 18.0 Å². The molecule has 0 spiro atoms. The first-order valence-electron chi connectivity index (χ1n) is 7.61. The van der Waals surface area contributed by atoms with E-state index in [1.165, 1.54) is 19.2 Å². The molecular weight excluding hydrogens is 335 g/mol. The van der Waals surface area contributed by atoms with Gasteiger partial charge in [-0.15, -0.1) is 0 Å². The third-order valence-electron chi connectivity index (χ3n) is 3.49.